The quantitative estimate of drug-likeness (QED) is 0.167. The molecule has 0 aliphatic rings. The van der Waals surface area contributed by atoms with E-state index >= 15 is 0 Å². The molecule has 0 saturated heterocycles. The Balaban J connectivity index is 0.000000204. The van der Waals surface area contributed by atoms with Gasteiger partial charge in [0, 0.05) is 55.2 Å². The van der Waals surface area contributed by atoms with E-state index in [1.54, 1.807) is 0 Å². The number of nitrogens with zero attached hydrogens (tertiary/aromatic N) is 4. The summed E-state index contributed by atoms with van der Waals surface area (Å²) < 4.78 is 6.16. The fourth-order valence-electron chi connectivity index (χ4n) is 5.61. The van der Waals surface area contributed by atoms with Gasteiger partial charge in [-0.25, -0.2) is 4.98 Å². The zero-order chi connectivity index (χ0) is 31.8. The van der Waals surface area contributed by atoms with Crippen molar-refractivity contribution in [2.45, 2.75) is 34.6 Å². The van der Waals surface area contributed by atoms with Gasteiger partial charge >= 0.3 is 0 Å². The molecule has 0 aliphatic carbocycles. The first-order chi connectivity index (χ1) is 22.3. The molecule has 6 heteroatoms. The summed E-state index contributed by atoms with van der Waals surface area (Å²) in [5.41, 5.74) is 14.2. The molecule has 0 aliphatic heterocycles. The first-order valence-electron chi connectivity index (χ1n) is 15.3. The zero-order valence-corrected chi connectivity index (χ0v) is 29.2. The molecule has 47 heavy (non-hydrogen) atoms. The number of rotatable bonds is 3. The van der Waals surface area contributed by atoms with Crippen molar-refractivity contribution in [3.05, 3.63) is 144 Å². The van der Waals surface area contributed by atoms with Crippen LogP contribution in [0.4, 0.5) is 0 Å². The van der Waals surface area contributed by atoms with Crippen molar-refractivity contribution in [3.63, 3.8) is 0 Å². The van der Waals surface area contributed by atoms with Gasteiger partial charge in [0.2, 0.25) is 5.71 Å². The van der Waals surface area contributed by atoms with Crippen molar-refractivity contribution in [1.29, 1.82) is 0 Å². The third-order valence-corrected chi connectivity index (χ3v) is 8.33. The van der Waals surface area contributed by atoms with Crippen LogP contribution in [0.1, 0.15) is 27.9 Å². The summed E-state index contributed by atoms with van der Waals surface area (Å²) in [6.07, 6.45) is 5.58. The SMILES string of the molecule is Cc1c[c-]c(-c2cc(C)c(C)cn2)cc1.Cc1ccc2c(n1)oc1c(-c3cc(-c4cc5cccnc5cc4C)ccn3)[c-]ccc12.[Ir]. The summed E-state index contributed by atoms with van der Waals surface area (Å²) in [7, 11) is 0. The maximum atomic E-state index is 6.16. The van der Waals surface area contributed by atoms with Gasteiger partial charge in [-0.1, -0.05) is 41.6 Å². The van der Waals surface area contributed by atoms with Crippen molar-refractivity contribution in [1.82, 2.24) is 19.9 Å². The number of hydrogen-bond acceptors (Lipinski definition) is 5. The molecular formula is C41H32IrN4O-2. The van der Waals surface area contributed by atoms with Crippen LogP contribution >= 0.6 is 0 Å². The molecule has 5 nitrogen and oxygen atoms in total. The van der Waals surface area contributed by atoms with Gasteiger partial charge in [-0.3, -0.25) is 4.98 Å². The monoisotopic (exact) mass is 789 g/mol. The van der Waals surface area contributed by atoms with E-state index in [1.165, 1.54) is 27.8 Å². The van der Waals surface area contributed by atoms with E-state index in [-0.39, 0.29) is 20.1 Å². The first kappa shape index (κ1) is 31.9. The van der Waals surface area contributed by atoms with E-state index in [4.69, 9.17) is 4.42 Å². The normalized spacial score (nSPS) is 10.9. The summed E-state index contributed by atoms with van der Waals surface area (Å²) in [5.74, 6) is 0. The predicted molar refractivity (Wildman–Crippen MR) is 187 cm³/mol. The number of furan rings is 1. The van der Waals surface area contributed by atoms with E-state index in [1.807, 2.05) is 61.9 Å². The molecule has 0 bridgehead atoms. The van der Waals surface area contributed by atoms with Gasteiger partial charge in [0.25, 0.3) is 0 Å². The third-order valence-electron chi connectivity index (χ3n) is 8.33. The Morgan fingerprint density at radius 2 is 1.55 bits per heavy atom. The van der Waals surface area contributed by atoms with Crippen molar-refractivity contribution < 1.29 is 24.5 Å². The van der Waals surface area contributed by atoms with Gasteiger partial charge in [0.1, 0.15) is 0 Å². The number of aromatic nitrogens is 4. The zero-order valence-electron chi connectivity index (χ0n) is 26.8. The topological polar surface area (TPSA) is 64.7 Å². The van der Waals surface area contributed by atoms with E-state index in [9.17, 15) is 0 Å². The summed E-state index contributed by atoms with van der Waals surface area (Å²) >= 11 is 0. The smallest absolute Gasteiger partial charge is 0.216 e. The van der Waals surface area contributed by atoms with Gasteiger partial charge in [-0.2, -0.15) is 0 Å². The van der Waals surface area contributed by atoms with Crippen LogP contribution in [0.2, 0.25) is 0 Å². The van der Waals surface area contributed by atoms with Crippen LogP contribution in [-0.4, -0.2) is 19.9 Å². The minimum atomic E-state index is 0. The van der Waals surface area contributed by atoms with Crippen molar-refractivity contribution >= 4 is 33.0 Å². The molecule has 0 N–H and O–H groups in total. The maximum Gasteiger partial charge on any atom is 0.216 e. The number of aryl methyl sites for hydroxylation is 5. The van der Waals surface area contributed by atoms with E-state index in [0.29, 0.717) is 5.71 Å². The second-order valence-corrected chi connectivity index (χ2v) is 11.7. The van der Waals surface area contributed by atoms with E-state index < -0.39 is 0 Å². The van der Waals surface area contributed by atoms with Crippen LogP contribution in [0.25, 0.3) is 66.6 Å². The Labute approximate surface area is 288 Å². The summed E-state index contributed by atoms with van der Waals surface area (Å²) in [6, 6.07) is 35.3. The van der Waals surface area contributed by atoms with Gasteiger partial charge in [0.15, 0.2) is 0 Å². The average molecular weight is 789 g/mol. The summed E-state index contributed by atoms with van der Waals surface area (Å²) in [4.78, 5) is 18.1. The Hall–Kier alpha value is -5.03. The summed E-state index contributed by atoms with van der Waals surface area (Å²) in [6.45, 7) is 10.3. The van der Waals surface area contributed by atoms with Crippen molar-refractivity contribution in [2.75, 3.05) is 0 Å². The molecule has 0 atom stereocenters. The molecule has 0 fully saturated rings. The number of pyridine rings is 4. The minimum Gasteiger partial charge on any atom is -0.486 e. The Morgan fingerprint density at radius 1 is 0.681 bits per heavy atom. The molecule has 3 aromatic carbocycles. The van der Waals surface area contributed by atoms with Gasteiger partial charge in [-0.15, -0.1) is 53.6 Å². The summed E-state index contributed by atoms with van der Waals surface area (Å²) in [5, 5.41) is 3.15. The van der Waals surface area contributed by atoms with Crippen LogP contribution in [0.5, 0.6) is 0 Å². The Kier molecular flexibility index (Phi) is 9.08. The minimum absolute atomic E-state index is 0. The Bertz CT molecular complexity index is 2380. The number of benzene rings is 3. The standard InChI is InChI=1S/C27H18N3O.C14H14N.Ir/c1-16-13-24-19(5-4-11-28-24)14-23(16)18-10-12-29-25(15-18)22-7-3-6-20-21-9-8-17(2)30-27(21)31-26(20)22;1-10-4-6-13(7-5-10)14-8-11(2)12(3)9-15-14;/h3-6,8-15H,1-2H3;4-6,8-9H,1-3H3;/q2*-1;. The number of fused-ring (bicyclic) bond motifs is 4. The van der Waals surface area contributed by atoms with Gasteiger partial charge < -0.3 is 14.4 Å². The first-order valence-corrected chi connectivity index (χ1v) is 15.3. The van der Waals surface area contributed by atoms with E-state index in [2.05, 4.69) is 108 Å². The van der Waals surface area contributed by atoms with Crippen LogP contribution in [0.3, 0.4) is 0 Å². The molecule has 8 rings (SSSR count). The van der Waals surface area contributed by atoms with Crippen LogP contribution in [0.15, 0.2) is 108 Å². The largest absolute Gasteiger partial charge is 0.486 e. The predicted octanol–water partition coefficient (Wildman–Crippen LogP) is 10.1. The molecule has 0 spiro atoms. The molecule has 8 aromatic rings. The third kappa shape index (κ3) is 6.48. The van der Waals surface area contributed by atoms with Gasteiger partial charge in [0.05, 0.1) is 11.1 Å². The second-order valence-electron chi connectivity index (χ2n) is 11.7. The second kappa shape index (κ2) is 13.4. The van der Waals surface area contributed by atoms with E-state index in [0.717, 1.165) is 61.0 Å². The molecule has 5 heterocycles. The molecule has 233 valence electrons. The van der Waals surface area contributed by atoms with Crippen molar-refractivity contribution in [3.8, 4) is 33.6 Å². The van der Waals surface area contributed by atoms with Gasteiger partial charge in [-0.05, 0) is 97.7 Å². The average Bonchev–Trinajstić information content (AvgIpc) is 3.44. The number of hydrogen-bond donors (Lipinski definition) is 0. The molecule has 1 radical (unpaired) electrons. The van der Waals surface area contributed by atoms with Crippen LogP contribution < -0.4 is 0 Å². The Morgan fingerprint density at radius 3 is 2.36 bits per heavy atom. The molecule has 5 aromatic heterocycles. The molecule has 0 saturated carbocycles. The van der Waals surface area contributed by atoms with Crippen LogP contribution in [0, 0.1) is 46.8 Å². The fraction of sp³-hybridized carbons (Fsp3) is 0.122. The van der Waals surface area contributed by atoms with Crippen LogP contribution in [-0.2, 0) is 20.1 Å². The fourth-order valence-corrected chi connectivity index (χ4v) is 5.61. The maximum absolute atomic E-state index is 6.16. The molecule has 0 unspecified atom stereocenters. The molecule has 0 amide bonds. The van der Waals surface area contributed by atoms with Crippen molar-refractivity contribution in [2.24, 2.45) is 0 Å². The molecular weight excluding hydrogens is 757 g/mol.